The van der Waals surface area contributed by atoms with Crippen molar-refractivity contribution >= 4 is 0 Å². The Labute approximate surface area is 116 Å². The molecule has 0 saturated heterocycles. The number of rotatable bonds is 3. The van der Waals surface area contributed by atoms with Crippen LogP contribution >= 0.6 is 0 Å². The Morgan fingerprint density at radius 3 is 2.65 bits per heavy atom. The molecule has 1 aliphatic carbocycles. The van der Waals surface area contributed by atoms with Gasteiger partial charge < -0.3 is 10.8 Å². The lowest BCUT2D eigenvalue weighted by Gasteiger charge is -2.41. The molecular weight excluding hydrogens is 267 g/mol. The molecule has 2 nitrogen and oxygen atoms in total. The number of nitrogens with two attached hydrogens (primary N) is 1. The van der Waals surface area contributed by atoms with E-state index in [1.807, 2.05) is 0 Å². The third-order valence-electron chi connectivity index (χ3n) is 4.33. The van der Waals surface area contributed by atoms with Crippen LogP contribution in [0.4, 0.5) is 13.2 Å². The van der Waals surface area contributed by atoms with Crippen molar-refractivity contribution in [3.8, 4) is 0 Å². The molecule has 1 aromatic rings. The van der Waals surface area contributed by atoms with E-state index in [-0.39, 0.29) is 0 Å². The Hall–Kier alpha value is -1.07. The second-order valence-corrected chi connectivity index (χ2v) is 5.70. The van der Waals surface area contributed by atoms with Gasteiger partial charge >= 0.3 is 6.18 Å². The first-order valence-electron chi connectivity index (χ1n) is 6.92. The molecule has 5 heteroatoms. The Bertz CT molecular complexity index is 461. The van der Waals surface area contributed by atoms with Crippen molar-refractivity contribution < 1.29 is 18.3 Å². The van der Waals surface area contributed by atoms with E-state index in [9.17, 15) is 18.3 Å². The number of alkyl halides is 3. The molecule has 0 heterocycles. The van der Waals surface area contributed by atoms with Crippen molar-refractivity contribution in [3.05, 3.63) is 35.4 Å². The van der Waals surface area contributed by atoms with E-state index in [2.05, 4.69) is 0 Å². The molecule has 1 aromatic carbocycles. The normalized spacial score (nSPS) is 27.6. The Kier molecular flexibility index (Phi) is 4.39. The van der Waals surface area contributed by atoms with Crippen LogP contribution in [0.25, 0.3) is 0 Å². The van der Waals surface area contributed by atoms with Gasteiger partial charge in [-0.2, -0.15) is 13.2 Å². The fraction of sp³-hybridized carbons (Fsp3) is 0.600. The number of aliphatic hydroxyl groups is 1. The number of hydrogen-bond donors (Lipinski definition) is 2. The molecular formula is C15H20F3NO. The smallest absolute Gasteiger partial charge is 0.392 e. The molecule has 1 fully saturated rings. The summed E-state index contributed by atoms with van der Waals surface area (Å²) in [4.78, 5) is 0. The molecule has 2 unspecified atom stereocenters. The summed E-state index contributed by atoms with van der Waals surface area (Å²) >= 11 is 0. The number of benzene rings is 1. The predicted molar refractivity (Wildman–Crippen MR) is 71.1 cm³/mol. The monoisotopic (exact) mass is 287 g/mol. The third-order valence-corrected chi connectivity index (χ3v) is 4.33. The van der Waals surface area contributed by atoms with Gasteiger partial charge in [-0.25, -0.2) is 0 Å². The molecule has 0 radical (unpaired) electrons. The van der Waals surface area contributed by atoms with Crippen LogP contribution in [0.5, 0.6) is 0 Å². The lowest BCUT2D eigenvalue weighted by atomic mass is 9.68. The average Bonchev–Trinajstić information content (AvgIpc) is 2.41. The SMILES string of the molecule is NCC1(Cc2cccc(C(F)(F)F)c2)CCCCC1O. The van der Waals surface area contributed by atoms with E-state index in [4.69, 9.17) is 5.73 Å². The third kappa shape index (κ3) is 3.15. The molecule has 0 aromatic heterocycles. The van der Waals surface area contributed by atoms with Gasteiger partial charge in [0, 0.05) is 12.0 Å². The van der Waals surface area contributed by atoms with Gasteiger partial charge in [0.15, 0.2) is 0 Å². The van der Waals surface area contributed by atoms with Crippen molar-refractivity contribution in [3.63, 3.8) is 0 Å². The maximum Gasteiger partial charge on any atom is 0.416 e. The zero-order valence-electron chi connectivity index (χ0n) is 11.3. The standard InChI is InChI=1S/C15H20F3NO/c16-15(17,18)12-5-3-4-11(8-12)9-14(10-19)7-2-1-6-13(14)20/h3-5,8,13,20H,1-2,6-7,9-10,19H2. The van der Waals surface area contributed by atoms with Gasteiger partial charge in [-0.05, 0) is 30.9 Å². The summed E-state index contributed by atoms with van der Waals surface area (Å²) in [6, 6.07) is 5.32. The summed E-state index contributed by atoms with van der Waals surface area (Å²) in [5.41, 5.74) is 5.28. The molecule has 0 aliphatic heterocycles. The summed E-state index contributed by atoms with van der Waals surface area (Å²) in [5, 5.41) is 10.2. The molecule has 3 N–H and O–H groups in total. The fourth-order valence-electron chi connectivity index (χ4n) is 3.07. The molecule has 1 aliphatic rings. The minimum absolute atomic E-state index is 0.296. The van der Waals surface area contributed by atoms with E-state index in [1.54, 1.807) is 6.07 Å². The van der Waals surface area contributed by atoms with Crippen molar-refractivity contribution in [2.24, 2.45) is 11.1 Å². The molecule has 2 atom stereocenters. The second-order valence-electron chi connectivity index (χ2n) is 5.70. The Morgan fingerprint density at radius 1 is 1.30 bits per heavy atom. The second kappa shape index (κ2) is 5.74. The van der Waals surface area contributed by atoms with Crippen LogP contribution in [0.15, 0.2) is 24.3 Å². The lowest BCUT2D eigenvalue weighted by Crippen LogP contribution is -2.45. The molecule has 0 bridgehead atoms. The molecule has 0 spiro atoms. The van der Waals surface area contributed by atoms with Crippen LogP contribution in [0.2, 0.25) is 0 Å². The van der Waals surface area contributed by atoms with Gasteiger partial charge in [0.1, 0.15) is 0 Å². The number of halogens is 3. The van der Waals surface area contributed by atoms with Crippen molar-refractivity contribution in [2.75, 3.05) is 6.54 Å². The first-order chi connectivity index (χ1) is 9.37. The van der Waals surface area contributed by atoms with Crippen molar-refractivity contribution in [1.82, 2.24) is 0 Å². The van der Waals surface area contributed by atoms with Crippen LogP contribution in [-0.4, -0.2) is 17.8 Å². The number of hydrogen-bond acceptors (Lipinski definition) is 2. The largest absolute Gasteiger partial charge is 0.416 e. The quantitative estimate of drug-likeness (QED) is 0.897. The van der Waals surface area contributed by atoms with Crippen LogP contribution in [-0.2, 0) is 12.6 Å². The molecule has 20 heavy (non-hydrogen) atoms. The van der Waals surface area contributed by atoms with E-state index in [0.717, 1.165) is 25.3 Å². The van der Waals surface area contributed by atoms with Gasteiger partial charge in [-0.15, -0.1) is 0 Å². The van der Waals surface area contributed by atoms with Gasteiger partial charge in [0.2, 0.25) is 0 Å². The van der Waals surface area contributed by atoms with Gasteiger partial charge in [0.25, 0.3) is 0 Å². The zero-order chi connectivity index (χ0) is 14.8. The Morgan fingerprint density at radius 2 is 2.05 bits per heavy atom. The van der Waals surface area contributed by atoms with Gasteiger partial charge in [-0.1, -0.05) is 31.0 Å². The summed E-state index contributed by atoms with van der Waals surface area (Å²) in [5.74, 6) is 0. The summed E-state index contributed by atoms with van der Waals surface area (Å²) in [7, 11) is 0. The van der Waals surface area contributed by atoms with E-state index < -0.39 is 23.3 Å². The highest BCUT2D eigenvalue weighted by Gasteiger charge is 2.39. The van der Waals surface area contributed by atoms with Crippen molar-refractivity contribution in [1.29, 1.82) is 0 Å². The Balaban J connectivity index is 2.24. The number of aliphatic hydroxyl groups excluding tert-OH is 1. The van der Waals surface area contributed by atoms with Crippen LogP contribution in [0.1, 0.15) is 36.8 Å². The first-order valence-corrected chi connectivity index (χ1v) is 6.92. The van der Waals surface area contributed by atoms with E-state index in [0.29, 0.717) is 24.9 Å². The highest BCUT2D eigenvalue weighted by atomic mass is 19.4. The summed E-state index contributed by atoms with van der Waals surface area (Å²) < 4.78 is 38.2. The lowest BCUT2D eigenvalue weighted by molar-refractivity contribution is -0.137. The average molecular weight is 287 g/mol. The van der Waals surface area contributed by atoms with Gasteiger partial charge in [-0.3, -0.25) is 0 Å². The van der Waals surface area contributed by atoms with Gasteiger partial charge in [0.05, 0.1) is 11.7 Å². The summed E-state index contributed by atoms with van der Waals surface area (Å²) in [6.45, 7) is 0.296. The minimum atomic E-state index is -4.34. The highest BCUT2D eigenvalue weighted by Crippen LogP contribution is 2.39. The van der Waals surface area contributed by atoms with Crippen LogP contribution in [0, 0.1) is 5.41 Å². The first kappa shape index (κ1) is 15.3. The highest BCUT2D eigenvalue weighted by molar-refractivity contribution is 5.27. The fourth-order valence-corrected chi connectivity index (χ4v) is 3.07. The maximum absolute atomic E-state index is 12.7. The van der Waals surface area contributed by atoms with E-state index in [1.165, 1.54) is 12.1 Å². The van der Waals surface area contributed by atoms with Crippen LogP contribution < -0.4 is 5.73 Å². The molecule has 1 saturated carbocycles. The molecule has 112 valence electrons. The summed E-state index contributed by atoms with van der Waals surface area (Å²) in [6.07, 6.45) is -1.11. The minimum Gasteiger partial charge on any atom is -0.392 e. The molecule has 0 amide bonds. The van der Waals surface area contributed by atoms with Crippen molar-refractivity contribution in [2.45, 2.75) is 44.4 Å². The van der Waals surface area contributed by atoms with E-state index >= 15 is 0 Å². The molecule has 2 rings (SSSR count). The predicted octanol–water partition coefficient (Wildman–Crippen LogP) is 3.13. The maximum atomic E-state index is 12.7. The zero-order valence-corrected chi connectivity index (χ0v) is 11.3. The topological polar surface area (TPSA) is 46.2 Å². The van der Waals surface area contributed by atoms with Crippen LogP contribution in [0.3, 0.4) is 0 Å².